The first-order valence-electron chi connectivity index (χ1n) is 7.74. The molecule has 0 heterocycles. The second-order valence-electron chi connectivity index (χ2n) is 6.74. The van der Waals surface area contributed by atoms with E-state index in [4.69, 9.17) is 0 Å². The molecule has 3 aliphatic carbocycles. The first kappa shape index (κ1) is 11.8. The molecule has 1 unspecified atom stereocenters. The zero-order valence-electron chi connectivity index (χ0n) is 11.3. The Morgan fingerprint density at radius 3 is 2.63 bits per heavy atom. The molecule has 19 heavy (non-hydrogen) atoms. The Balaban J connectivity index is 1.68. The van der Waals surface area contributed by atoms with Crippen molar-refractivity contribution in [3.05, 3.63) is 29.3 Å². The zero-order valence-corrected chi connectivity index (χ0v) is 11.3. The van der Waals surface area contributed by atoms with Gasteiger partial charge in [0.2, 0.25) is 0 Å². The largest absolute Gasteiger partial charge is 0.508 e. The Kier molecular flexibility index (Phi) is 2.63. The molecule has 0 spiro atoms. The highest BCUT2D eigenvalue weighted by atomic mass is 16.3. The summed E-state index contributed by atoms with van der Waals surface area (Å²) in [5.41, 5.74) is 2.84. The number of phenolic OH excluding ortho intramolecular Hbond substituents is 1. The van der Waals surface area contributed by atoms with E-state index in [0.717, 1.165) is 24.7 Å². The average Bonchev–Trinajstić information content (AvgIpc) is 2.80. The third-order valence-electron chi connectivity index (χ3n) is 5.99. The molecule has 0 saturated heterocycles. The molecule has 2 fully saturated rings. The van der Waals surface area contributed by atoms with Gasteiger partial charge in [0.1, 0.15) is 5.75 Å². The minimum absolute atomic E-state index is 0.0350. The van der Waals surface area contributed by atoms with Crippen LogP contribution in [-0.2, 0) is 6.42 Å². The van der Waals surface area contributed by atoms with E-state index in [1.807, 2.05) is 12.1 Å². The molecule has 4 rings (SSSR count). The van der Waals surface area contributed by atoms with Crippen LogP contribution in [0.1, 0.15) is 49.1 Å². The highest BCUT2D eigenvalue weighted by Gasteiger charge is 2.47. The van der Waals surface area contributed by atoms with Gasteiger partial charge in [-0.05, 0) is 85.5 Å². The molecule has 2 heteroatoms. The van der Waals surface area contributed by atoms with Gasteiger partial charge in [0.25, 0.3) is 0 Å². The number of fused-ring (bicyclic) bond motifs is 5. The summed E-state index contributed by atoms with van der Waals surface area (Å²) in [6, 6.07) is 5.95. The van der Waals surface area contributed by atoms with Gasteiger partial charge in [0, 0.05) is 0 Å². The fourth-order valence-electron chi connectivity index (χ4n) is 5.19. The predicted octanol–water partition coefficient (Wildman–Crippen LogP) is 3.22. The van der Waals surface area contributed by atoms with Crippen LogP contribution in [0.3, 0.4) is 0 Å². The minimum Gasteiger partial charge on any atom is -0.508 e. The number of hydrogen-bond acceptors (Lipinski definition) is 2. The average molecular weight is 258 g/mol. The van der Waals surface area contributed by atoms with Crippen LogP contribution in [0.15, 0.2) is 18.2 Å². The summed E-state index contributed by atoms with van der Waals surface area (Å²) < 4.78 is 0. The van der Waals surface area contributed by atoms with E-state index in [9.17, 15) is 10.2 Å². The Morgan fingerprint density at radius 1 is 0.895 bits per heavy atom. The van der Waals surface area contributed by atoms with Gasteiger partial charge in [-0.25, -0.2) is 0 Å². The lowest BCUT2D eigenvalue weighted by Crippen LogP contribution is -2.36. The first-order valence-corrected chi connectivity index (χ1v) is 7.74. The van der Waals surface area contributed by atoms with Crippen molar-refractivity contribution in [1.29, 1.82) is 0 Å². The van der Waals surface area contributed by atoms with Gasteiger partial charge >= 0.3 is 0 Å². The quantitative estimate of drug-likeness (QED) is 0.750. The molecule has 0 aromatic heterocycles. The Bertz CT molecular complexity index is 496. The first-order chi connectivity index (χ1) is 9.24. The second kappa shape index (κ2) is 4.24. The van der Waals surface area contributed by atoms with Crippen LogP contribution in [0, 0.1) is 17.8 Å². The topological polar surface area (TPSA) is 40.5 Å². The van der Waals surface area contributed by atoms with Gasteiger partial charge < -0.3 is 10.2 Å². The van der Waals surface area contributed by atoms with Crippen molar-refractivity contribution in [1.82, 2.24) is 0 Å². The van der Waals surface area contributed by atoms with E-state index in [-0.39, 0.29) is 6.10 Å². The van der Waals surface area contributed by atoms with Gasteiger partial charge in [0.05, 0.1) is 6.10 Å². The van der Waals surface area contributed by atoms with Gasteiger partial charge in [-0.3, -0.25) is 0 Å². The van der Waals surface area contributed by atoms with Crippen LogP contribution in [-0.4, -0.2) is 16.3 Å². The highest BCUT2D eigenvalue weighted by Crippen LogP contribution is 2.55. The van der Waals surface area contributed by atoms with Crippen molar-refractivity contribution < 1.29 is 10.2 Å². The Hall–Kier alpha value is -1.02. The second-order valence-corrected chi connectivity index (χ2v) is 6.74. The van der Waals surface area contributed by atoms with Crippen molar-refractivity contribution in [2.24, 2.45) is 17.8 Å². The summed E-state index contributed by atoms with van der Waals surface area (Å²) >= 11 is 0. The molecule has 2 nitrogen and oxygen atoms in total. The summed E-state index contributed by atoms with van der Waals surface area (Å²) in [6.45, 7) is 0. The number of aliphatic hydroxyl groups excluding tert-OH is 1. The van der Waals surface area contributed by atoms with Gasteiger partial charge in [0.15, 0.2) is 0 Å². The number of aromatic hydroxyl groups is 1. The Labute approximate surface area is 114 Å². The van der Waals surface area contributed by atoms with E-state index < -0.39 is 0 Å². The molecule has 5 atom stereocenters. The minimum atomic E-state index is -0.0350. The summed E-state index contributed by atoms with van der Waals surface area (Å²) in [5.74, 6) is 3.17. The standard InChI is InChI=1S/C17H22O2/c18-11-2-4-12-10(9-11)1-3-14-13(12)5-6-16-15(14)7-8-17(16)19/h2,4,9,13-19H,1,3,5-8H2/t13-,14-,15+,16+,17?/m1/s1. The summed E-state index contributed by atoms with van der Waals surface area (Å²) in [5, 5.41) is 19.7. The molecule has 102 valence electrons. The van der Waals surface area contributed by atoms with E-state index >= 15 is 0 Å². The third kappa shape index (κ3) is 1.73. The normalized spacial score (nSPS) is 40.4. The van der Waals surface area contributed by atoms with Crippen molar-refractivity contribution >= 4 is 0 Å². The molecule has 0 bridgehead atoms. The van der Waals surface area contributed by atoms with Crippen molar-refractivity contribution in [3.8, 4) is 5.75 Å². The van der Waals surface area contributed by atoms with Gasteiger partial charge in [-0.1, -0.05) is 6.07 Å². The maximum absolute atomic E-state index is 10.1. The zero-order chi connectivity index (χ0) is 13.0. The predicted molar refractivity (Wildman–Crippen MR) is 74.1 cm³/mol. The maximum Gasteiger partial charge on any atom is 0.115 e. The van der Waals surface area contributed by atoms with Crippen LogP contribution >= 0.6 is 0 Å². The smallest absolute Gasteiger partial charge is 0.115 e. The molecule has 0 amide bonds. The number of hydrogen-bond donors (Lipinski definition) is 2. The molecular formula is C17H22O2. The molecular weight excluding hydrogens is 236 g/mol. The molecule has 2 N–H and O–H groups in total. The lowest BCUT2D eigenvalue weighted by Gasteiger charge is -2.44. The van der Waals surface area contributed by atoms with E-state index in [2.05, 4.69) is 6.07 Å². The molecule has 2 saturated carbocycles. The number of benzene rings is 1. The lowest BCUT2D eigenvalue weighted by molar-refractivity contribution is 0.0566. The SMILES string of the molecule is Oc1ccc2c(c1)CC[C@H]1[C@@H]3CCC(O)[C@H]3CC[C@H]21. The van der Waals surface area contributed by atoms with Gasteiger partial charge in [-0.15, -0.1) is 0 Å². The fraction of sp³-hybridized carbons (Fsp3) is 0.647. The van der Waals surface area contributed by atoms with E-state index in [1.165, 1.54) is 36.8 Å². The molecule has 0 radical (unpaired) electrons. The van der Waals surface area contributed by atoms with Crippen molar-refractivity contribution in [3.63, 3.8) is 0 Å². The van der Waals surface area contributed by atoms with Crippen molar-refractivity contribution in [2.45, 2.75) is 50.5 Å². The summed E-state index contributed by atoms with van der Waals surface area (Å²) in [6.07, 6.45) is 6.96. The van der Waals surface area contributed by atoms with E-state index in [0.29, 0.717) is 17.6 Å². The molecule has 0 aliphatic heterocycles. The number of rotatable bonds is 0. The van der Waals surface area contributed by atoms with Crippen LogP contribution < -0.4 is 0 Å². The number of aryl methyl sites for hydroxylation is 1. The molecule has 1 aromatic rings. The van der Waals surface area contributed by atoms with Gasteiger partial charge in [-0.2, -0.15) is 0 Å². The summed E-state index contributed by atoms with van der Waals surface area (Å²) in [4.78, 5) is 0. The van der Waals surface area contributed by atoms with Crippen LogP contribution in [0.4, 0.5) is 0 Å². The van der Waals surface area contributed by atoms with E-state index in [1.54, 1.807) is 0 Å². The number of phenols is 1. The fourth-order valence-corrected chi connectivity index (χ4v) is 5.19. The van der Waals surface area contributed by atoms with Crippen LogP contribution in [0.5, 0.6) is 5.75 Å². The lowest BCUT2D eigenvalue weighted by atomic mass is 9.61. The third-order valence-corrected chi connectivity index (χ3v) is 5.99. The molecule has 1 aromatic carbocycles. The maximum atomic E-state index is 10.1. The monoisotopic (exact) mass is 258 g/mol. The van der Waals surface area contributed by atoms with Crippen LogP contribution in [0.25, 0.3) is 0 Å². The van der Waals surface area contributed by atoms with Crippen molar-refractivity contribution in [2.75, 3.05) is 0 Å². The molecule has 3 aliphatic rings. The van der Waals surface area contributed by atoms with Crippen LogP contribution in [0.2, 0.25) is 0 Å². The Morgan fingerprint density at radius 2 is 1.74 bits per heavy atom. The number of aliphatic hydroxyl groups is 1. The highest BCUT2D eigenvalue weighted by molar-refractivity contribution is 5.39. The summed E-state index contributed by atoms with van der Waals surface area (Å²) in [7, 11) is 0.